The molecule has 94 valence electrons. The number of hydrogen-bond donors (Lipinski definition) is 1. The second kappa shape index (κ2) is 5.14. The third-order valence-electron chi connectivity index (χ3n) is 3.38. The zero-order valence-electron chi connectivity index (χ0n) is 9.09. The highest BCUT2D eigenvalue weighted by molar-refractivity contribution is 8.00. The molecule has 0 aromatic carbocycles. The second-order valence-electron chi connectivity index (χ2n) is 4.39. The van der Waals surface area contributed by atoms with Gasteiger partial charge in [0.05, 0.1) is 0 Å². The minimum Gasteiger partial charge on any atom is -0.312 e. The largest absolute Gasteiger partial charge is 0.441 e. The van der Waals surface area contributed by atoms with Crippen molar-refractivity contribution in [3.05, 3.63) is 0 Å². The number of halogens is 3. The summed E-state index contributed by atoms with van der Waals surface area (Å²) in [7, 11) is 0. The van der Waals surface area contributed by atoms with Gasteiger partial charge in [-0.1, -0.05) is 0 Å². The van der Waals surface area contributed by atoms with Gasteiger partial charge in [-0.25, -0.2) is 0 Å². The third-order valence-corrected chi connectivity index (χ3v) is 4.12. The predicted molar refractivity (Wildman–Crippen MR) is 59.5 cm³/mol. The lowest BCUT2D eigenvalue weighted by molar-refractivity contribution is -0.0327. The molecular weight excluding hydrogens is 237 g/mol. The first-order chi connectivity index (χ1) is 7.56. The van der Waals surface area contributed by atoms with Crippen LogP contribution < -0.4 is 5.32 Å². The van der Waals surface area contributed by atoms with Gasteiger partial charge in [-0.2, -0.15) is 13.2 Å². The van der Waals surface area contributed by atoms with Crippen LogP contribution in [0.25, 0.3) is 0 Å². The first-order valence-corrected chi connectivity index (χ1v) is 6.73. The Kier molecular flexibility index (Phi) is 4.02. The van der Waals surface area contributed by atoms with E-state index in [4.69, 9.17) is 0 Å². The summed E-state index contributed by atoms with van der Waals surface area (Å²) in [4.78, 5) is 2.45. The highest BCUT2D eigenvalue weighted by Gasteiger charge is 2.36. The molecule has 6 heteroatoms. The zero-order valence-corrected chi connectivity index (χ0v) is 9.91. The van der Waals surface area contributed by atoms with Gasteiger partial charge in [0.25, 0.3) is 0 Å². The van der Waals surface area contributed by atoms with Crippen LogP contribution in [-0.2, 0) is 0 Å². The Morgan fingerprint density at radius 2 is 2.06 bits per heavy atom. The van der Waals surface area contributed by atoms with E-state index in [0.29, 0.717) is 18.6 Å². The Morgan fingerprint density at radius 1 is 1.25 bits per heavy atom. The molecule has 0 aromatic heterocycles. The first kappa shape index (κ1) is 12.5. The van der Waals surface area contributed by atoms with Gasteiger partial charge in [-0.15, -0.1) is 0 Å². The molecule has 16 heavy (non-hydrogen) atoms. The third kappa shape index (κ3) is 3.28. The molecule has 2 aliphatic heterocycles. The fourth-order valence-corrected chi connectivity index (χ4v) is 3.18. The molecule has 2 unspecified atom stereocenters. The van der Waals surface area contributed by atoms with E-state index in [-0.39, 0.29) is 17.5 Å². The fraction of sp³-hybridized carbons (Fsp3) is 1.00. The molecule has 0 saturated carbocycles. The summed E-state index contributed by atoms with van der Waals surface area (Å²) < 4.78 is 35.7. The Balaban J connectivity index is 1.63. The van der Waals surface area contributed by atoms with Crippen LogP contribution in [0.1, 0.15) is 19.3 Å². The van der Waals surface area contributed by atoms with Gasteiger partial charge in [0.1, 0.15) is 0 Å². The smallest absolute Gasteiger partial charge is 0.312 e. The Labute approximate surface area is 97.9 Å². The van der Waals surface area contributed by atoms with E-state index < -0.39 is 5.51 Å². The summed E-state index contributed by atoms with van der Waals surface area (Å²) in [6, 6.07) is 0.993. The molecule has 2 saturated heterocycles. The van der Waals surface area contributed by atoms with Crippen molar-refractivity contribution in [1.82, 2.24) is 10.2 Å². The fourth-order valence-electron chi connectivity index (χ4n) is 2.73. The van der Waals surface area contributed by atoms with E-state index in [1.807, 2.05) is 0 Å². The molecule has 0 bridgehead atoms. The minimum atomic E-state index is -4.09. The van der Waals surface area contributed by atoms with Gasteiger partial charge in [0.2, 0.25) is 0 Å². The summed E-state index contributed by atoms with van der Waals surface area (Å²) in [5, 5.41) is 3.26. The topological polar surface area (TPSA) is 15.3 Å². The van der Waals surface area contributed by atoms with Crippen molar-refractivity contribution in [2.45, 2.75) is 36.9 Å². The monoisotopic (exact) mass is 254 g/mol. The Bertz CT molecular complexity index is 235. The van der Waals surface area contributed by atoms with Crippen molar-refractivity contribution in [2.24, 2.45) is 0 Å². The van der Waals surface area contributed by atoms with Crippen molar-refractivity contribution >= 4 is 11.8 Å². The van der Waals surface area contributed by atoms with Gasteiger partial charge in [-0.3, -0.25) is 4.90 Å². The second-order valence-corrected chi connectivity index (χ2v) is 5.55. The van der Waals surface area contributed by atoms with Crippen LogP contribution in [-0.4, -0.2) is 47.9 Å². The maximum Gasteiger partial charge on any atom is 0.441 e. The van der Waals surface area contributed by atoms with E-state index in [2.05, 4.69) is 10.2 Å². The van der Waals surface area contributed by atoms with E-state index in [0.717, 1.165) is 13.0 Å². The predicted octanol–water partition coefficient (Wildman–Crippen LogP) is 2.07. The van der Waals surface area contributed by atoms with Crippen LogP contribution in [0.15, 0.2) is 0 Å². The molecule has 2 heterocycles. The summed E-state index contributed by atoms with van der Waals surface area (Å²) in [5.41, 5.74) is -4.09. The number of nitrogens with zero attached hydrogens (tertiary/aromatic N) is 1. The molecule has 0 aliphatic carbocycles. The molecule has 0 aromatic rings. The zero-order chi connectivity index (χ0) is 11.6. The van der Waals surface area contributed by atoms with E-state index in [1.54, 1.807) is 0 Å². The van der Waals surface area contributed by atoms with E-state index in [9.17, 15) is 13.2 Å². The minimum absolute atomic E-state index is 0.0661. The van der Waals surface area contributed by atoms with Crippen molar-refractivity contribution in [3.63, 3.8) is 0 Å². The average Bonchev–Trinajstić information content (AvgIpc) is 2.73. The Morgan fingerprint density at radius 3 is 2.81 bits per heavy atom. The van der Waals surface area contributed by atoms with Gasteiger partial charge in [-0.05, 0) is 37.6 Å². The van der Waals surface area contributed by atoms with Crippen molar-refractivity contribution in [2.75, 3.05) is 25.4 Å². The lowest BCUT2D eigenvalue weighted by Crippen LogP contribution is -2.40. The van der Waals surface area contributed by atoms with Crippen LogP contribution >= 0.6 is 11.8 Å². The molecule has 2 fully saturated rings. The molecule has 2 nitrogen and oxygen atoms in total. The maximum atomic E-state index is 11.9. The molecule has 2 atom stereocenters. The van der Waals surface area contributed by atoms with E-state index in [1.165, 1.54) is 19.4 Å². The lowest BCUT2D eigenvalue weighted by Gasteiger charge is -2.21. The van der Waals surface area contributed by atoms with E-state index >= 15 is 0 Å². The Hall–Kier alpha value is 0.0600. The first-order valence-electron chi connectivity index (χ1n) is 5.74. The van der Waals surface area contributed by atoms with Crippen molar-refractivity contribution < 1.29 is 13.2 Å². The summed E-state index contributed by atoms with van der Waals surface area (Å²) in [6.07, 6.45) is 3.52. The summed E-state index contributed by atoms with van der Waals surface area (Å²) in [5.74, 6) is 0.118. The van der Waals surface area contributed by atoms with Crippen molar-refractivity contribution in [1.29, 1.82) is 0 Å². The number of nitrogens with one attached hydrogen (secondary N) is 1. The highest BCUT2D eigenvalue weighted by Crippen LogP contribution is 2.30. The number of rotatable bonds is 4. The molecular formula is C10H17F3N2S. The van der Waals surface area contributed by atoms with Gasteiger partial charge in [0.15, 0.2) is 0 Å². The van der Waals surface area contributed by atoms with Crippen LogP contribution in [0.4, 0.5) is 13.2 Å². The summed E-state index contributed by atoms with van der Waals surface area (Å²) in [6.45, 7) is 2.73. The molecule has 0 radical (unpaired) electrons. The van der Waals surface area contributed by atoms with Gasteiger partial charge < -0.3 is 5.32 Å². The normalized spacial score (nSPS) is 30.9. The van der Waals surface area contributed by atoms with Crippen LogP contribution in [0.2, 0.25) is 0 Å². The standard InChI is InChI=1S/C10H17F3N2S/c11-10(12,13)16-7-4-14-8-3-6-15-5-1-2-9(8)15/h8-9,14H,1-7H2. The number of fused-ring (bicyclic) bond motifs is 1. The van der Waals surface area contributed by atoms with Crippen LogP contribution in [0.3, 0.4) is 0 Å². The molecule has 0 amide bonds. The van der Waals surface area contributed by atoms with Crippen molar-refractivity contribution in [3.8, 4) is 0 Å². The average molecular weight is 254 g/mol. The molecule has 1 N–H and O–H groups in total. The van der Waals surface area contributed by atoms with Gasteiger partial charge >= 0.3 is 5.51 Å². The molecule has 2 rings (SSSR count). The quantitative estimate of drug-likeness (QED) is 0.773. The maximum absolute atomic E-state index is 11.9. The highest BCUT2D eigenvalue weighted by atomic mass is 32.2. The number of alkyl halides is 3. The molecule has 2 aliphatic rings. The number of hydrogen-bond acceptors (Lipinski definition) is 3. The SMILES string of the molecule is FC(F)(F)SCCNC1CCN2CCCC12. The molecule has 0 spiro atoms. The lowest BCUT2D eigenvalue weighted by atomic mass is 10.1. The van der Waals surface area contributed by atoms with Gasteiger partial charge in [0, 0.05) is 30.9 Å². The van der Waals surface area contributed by atoms with Crippen LogP contribution in [0.5, 0.6) is 0 Å². The summed E-state index contributed by atoms with van der Waals surface area (Å²) >= 11 is 0.0661. The van der Waals surface area contributed by atoms with Crippen LogP contribution in [0, 0.1) is 0 Å². The number of thioether (sulfide) groups is 1.